The van der Waals surface area contributed by atoms with Crippen molar-refractivity contribution in [1.29, 1.82) is 0 Å². The highest BCUT2D eigenvalue weighted by molar-refractivity contribution is 7.13. The number of hydrogen-bond donors (Lipinski definition) is 3. The molecule has 0 radical (unpaired) electrons. The second kappa shape index (κ2) is 6.16. The number of nitrogens with one attached hydrogen (secondary N) is 1. The maximum atomic E-state index is 11.9. The minimum Gasteiger partial charge on any atom is -0.480 e. The first-order chi connectivity index (χ1) is 9.56. The predicted molar refractivity (Wildman–Crippen MR) is 75.6 cm³/mol. The average Bonchev–Trinajstić information content (AvgIpc) is 2.86. The van der Waals surface area contributed by atoms with Crippen LogP contribution in [0.2, 0.25) is 0 Å². The molecule has 104 valence electrons. The van der Waals surface area contributed by atoms with Crippen LogP contribution in [0.25, 0.3) is 0 Å². The maximum Gasteiger partial charge on any atom is 0.326 e. The first kappa shape index (κ1) is 14.0. The van der Waals surface area contributed by atoms with E-state index in [9.17, 15) is 14.7 Å². The molecule has 0 spiro atoms. The lowest BCUT2D eigenvalue weighted by atomic mass is 10.1. The molecular formula is C13H13N3O3S. The van der Waals surface area contributed by atoms with E-state index in [4.69, 9.17) is 5.73 Å². The Balaban J connectivity index is 2.06. The van der Waals surface area contributed by atoms with Gasteiger partial charge in [-0.15, -0.1) is 11.3 Å². The van der Waals surface area contributed by atoms with Crippen molar-refractivity contribution in [3.05, 3.63) is 47.0 Å². The van der Waals surface area contributed by atoms with Gasteiger partial charge in [-0.25, -0.2) is 9.78 Å². The van der Waals surface area contributed by atoms with Gasteiger partial charge in [0.05, 0.1) is 0 Å². The molecule has 1 aromatic carbocycles. The number of carboxylic acid groups (broad SMARTS) is 1. The molecule has 2 aromatic rings. The van der Waals surface area contributed by atoms with Crippen LogP contribution in [0.4, 0.5) is 5.13 Å². The molecule has 4 N–H and O–H groups in total. The van der Waals surface area contributed by atoms with Crippen molar-refractivity contribution < 1.29 is 14.7 Å². The number of nitrogen functional groups attached to an aromatic ring is 1. The summed E-state index contributed by atoms with van der Waals surface area (Å²) in [5.41, 5.74) is 6.40. The number of carboxylic acids is 1. The summed E-state index contributed by atoms with van der Waals surface area (Å²) in [6, 6.07) is 8.09. The zero-order valence-electron chi connectivity index (χ0n) is 10.4. The second-order valence-electron chi connectivity index (χ2n) is 4.12. The van der Waals surface area contributed by atoms with E-state index in [0.29, 0.717) is 0 Å². The number of benzene rings is 1. The average molecular weight is 291 g/mol. The van der Waals surface area contributed by atoms with Crippen LogP contribution in [0.15, 0.2) is 35.7 Å². The number of rotatable bonds is 5. The number of thiazole rings is 1. The molecule has 20 heavy (non-hydrogen) atoms. The Morgan fingerprint density at radius 1 is 1.35 bits per heavy atom. The van der Waals surface area contributed by atoms with Crippen LogP contribution in [0.1, 0.15) is 16.1 Å². The number of carbonyl (C=O) groups excluding carboxylic acids is 1. The molecule has 0 aliphatic carbocycles. The molecule has 1 amide bonds. The lowest BCUT2D eigenvalue weighted by molar-refractivity contribution is -0.139. The van der Waals surface area contributed by atoms with Gasteiger partial charge in [0.25, 0.3) is 5.91 Å². The molecule has 0 bridgehead atoms. The van der Waals surface area contributed by atoms with E-state index >= 15 is 0 Å². The minimum atomic E-state index is -1.09. The van der Waals surface area contributed by atoms with Gasteiger partial charge in [-0.3, -0.25) is 4.79 Å². The Hall–Kier alpha value is -2.41. The highest BCUT2D eigenvalue weighted by Gasteiger charge is 2.22. The van der Waals surface area contributed by atoms with E-state index in [2.05, 4.69) is 10.3 Å². The maximum absolute atomic E-state index is 11.9. The first-order valence-electron chi connectivity index (χ1n) is 5.85. The molecule has 6 nitrogen and oxygen atoms in total. The Morgan fingerprint density at radius 2 is 2.05 bits per heavy atom. The Morgan fingerprint density at radius 3 is 2.60 bits per heavy atom. The van der Waals surface area contributed by atoms with Gasteiger partial charge in [0.1, 0.15) is 11.7 Å². The van der Waals surface area contributed by atoms with Gasteiger partial charge in [-0.05, 0) is 5.56 Å². The normalized spacial score (nSPS) is 11.8. The van der Waals surface area contributed by atoms with Crippen molar-refractivity contribution in [2.24, 2.45) is 0 Å². The monoisotopic (exact) mass is 291 g/mol. The highest BCUT2D eigenvalue weighted by Crippen LogP contribution is 2.11. The molecule has 0 fully saturated rings. The van der Waals surface area contributed by atoms with E-state index in [-0.39, 0.29) is 17.2 Å². The number of carbonyl (C=O) groups is 2. The topological polar surface area (TPSA) is 105 Å². The lowest BCUT2D eigenvalue weighted by Crippen LogP contribution is -2.42. The standard InChI is InChI=1S/C13H13N3O3S/c14-13-16-10(7-20-13)11(17)15-9(12(18)19)6-8-4-2-1-3-5-8/h1-5,7,9H,6H2,(H2,14,16)(H,15,17)(H,18,19)/t9-/m0/s1. The van der Waals surface area contributed by atoms with Gasteiger partial charge in [0, 0.05) is 11.8 Å². The number of amides is 1. The molecule has 1 atom stereocenters. The number of nitrogens with zero attached hydrogens (tertiary/aromatic N) is 1. The third-order valence-electron chi connectivity index (χ3n) is 2.64. The third kappa shape index (κ3) is 3.55. The van der Waals surface area contributed by atoms with Crippen LogP contribution in [0, 0.1) is 0 Å². The van der Waals surface area contributed by atoms with Gasteiger partial charge in [0.15, 0.2) is 5.13 Å². The predicted octanol–water partition coefficient (Wildman–Crippen LogP) is 1.15. The molecule has 0 aliphatic heterocycles. The largest absolute Gasteiger partial charge is 0.480 e. The van der Waals surface area contributed by atoms with Crippen LogP contribution in [0.5, 0.6) is 0 Å². The summed E-state index contributed by atoms with van der Waals surface area (Å²) in [5, 5.41) is 13.4. The Labute approximate surface area is 119 Å². The summed E-state index contributed by atoms with van der Waals surface area (Å²) in [5.74, 6) is -1.63. The summed E-state index contributed by atoms with van der Waals surface area (Å²) in [7, 11) is 0. The molecular weight excluding hydrogens is 278 g/mol. The van der Waals surface area contributed by atoms with Gasteiger partial charge in [0.2, 0.25) is 0 Å². The number of hydrogen-bond acceptors (Lipinski definition) is 5. The number of nitrogens with two attached hydrogens (primary N) is 1. The quantitative estimate of drug-likeness (QED) is 0.766. The van der Waals surface area contributed by atoms with E-state index in [1.807, 2.05) is 30.3 Å². The van der Waals surface area contributed by atoms with Gasteiger partial charge in [-0.1, -0.05) is 30.3 Å². The summed E-state index contributed by atoms with van der Waals surface area (Å²) in [4.78, 5) is 26.9. The van der Waals surface area contributed by atoms with Crippen LogP contribution in [0.3, 0.4) is 0 Å². The zero-order chi connectivity index (χ0) is 14.5. The van der Waals surface area contributed by atoms with E-state index in [1.165, 1.54) is 5.38 Å². The Bertz CT molecular complexity index is 612. The van der Waals surface area contributed by atoms with Crippen molar-refractivity contribution in [2.45, 2.75) is 12.5 Å². The smallest absolute Gasteiger partial charge is 0.326 e. The molecule has 7 heteroatoms. The third-order valence-corrected chi connectivity index (χ3v) is 3.31. The molecule has 1 aromatic heterocycles. The summed E-state index contributed by atoms with van der Waals surface area (Å²) in [6.07, 6.45) is 0.210. The Kier molecular flexibility index (Phi) is 4.31. The number of aliphatic carboxylic acids is 1. The molecule has 2 rings (SSSR count). The second-order valence-corrected chi connectivity index (χ2v) is 5.01. The fourth-order valence-electron chi connectivity index (χ4n) is 1.67. The van der Waals surface area contributed by atoms with Gasteiger partial charge >= 0.3 is 5.97 Å². The molecule has 0 unspecified atom stereocenters. The van der Waals surface area contributed by atoms with E-state index in [0.717, 1.165) is 16.9 Å². The number of aromatic nitrogens is 1. The summed E-state index contributed by atoms with van der Waals surface area (Å²) < 4.78 is 0. The molecule has 0 saturated heterocycles. The van der Waals surface area contributed by atoms with Crippen LogP contribution in [-0.4, -0.2) is 28.0 Å². The van der Waals surface area contributed by atoms with Crippen molar-refractivity contribution in [1.82, 2.24) is 10.3 Å². The fraction of sp³-hybridized carbons (Fsp3) is 0.154. The summed E-state index contributed by atoms with van der Waals surface area (Å²) >= 11 is 1.13. The van der Waals surface area contributed by atoms with E-state index in [1.54, 1.807) is 0 Å². The number of anilines is 1. The zero-order valence-corrected chi connectivity index (χ0v) is 11.3. The lowest BCUT2D eigenvalue weighted by Gasteiger charge is -2.13. The van der Waals surface area contributed by atoms with Crippen molar-refractivity contribution in [3.8, 4) is 0 Å². The van der Waals surface area contributed by atoms with Crippen molar-refractivity contribution in [2.75, 3.05) is 5.73 Å². The molecule has 1 heterocycles. The van der Waals surface area contributed by atoms with Gasteiger partial charge in [-0.2, -0.15) is 0 Å². The van der Waals surface area contributed by atoms with Crippen LogP contribution >= 0.6 is 11.3 Å². The van der Waals surface area contributed by atoms with Crippen molar-refractivity contribution >= 4 is 28.3 Å². The first-order valence-corrected chi connectivity index (χ1v) is 6.73. The minimum absolute atomic E-state index is 0.131. The molecule has 0 aliphatic rings. The van der Waals surface area contributed by atoms with Crippen LogP contribution in [-0.2, 0) is 11.2 Å². The summed E-state index contributed by atoms with van der Waals surface area (Å²) in [6.45, 7) is 0. The molecule has 0 saturated carbocycles. The highest BCUT2D eigenvalue weighted by atomic mass is 32.1. The van der Waals surface area contributed by atoms with Gasteiger partial charge < -0.3 is 16.2 Å². The van der Waals surface area contributed by atoms with E-state index < -0.39 is 17.9 Å². The fourth-order valence-corrected chi connectivity index (χ4v) is 2.22. The van der Waals surface area contributed by atoms with Crippen LogP contribution < -0.4 is 11.1 Å². The van der Waals surface area contributed by atoms with Crippen molar-refractivity contribution in [3.63, 3.8) is 0 Å². The SMILES string of the molecule is Nc1nc(C(=O)N[C@@H](Cc2ccccc2)C(=O)O)cs1.